The van der Waals surface area contributed by atoms with E-state index in [1.165, 1.54) is 0 Å². The molecule has 288 valence electrons. The number of fused-ring (bicyclic) bond motifs is 1. The van der Waals surface area contributed by atoms with Crippen molar-refractivity contribution in [3.8, 4) is 24.0 Å². The lowest BCUT2D eigenvalue weighted by Gasteiger charge is -2.15. The highest BCUT2D eigenvalue weighted by Gasteiger charge is 2.22. The Balaban J connectivity index is 1.24. The van der Waals surface area contributed by atoms with Crippen LogP contribution in [0.4, 0.5) is 27.9 Å². The van der Waals surface area contributed by atoms with Crippen LogP contribution in [0.5, 0.6) is 11.6 Å². The van der Waals surface area contributed by atoms with Gasteiger partial charge >= 0.3 is 6.03 Å². The number of hydrogen-bond donors (Lipinski definition) is 4. The van der Waals surface area contributed by atoms with Crippen LogP contribution in [-0.2, 0) is 19.6 Å². The topological polar surface area (TPSA) is 163 Å². The molecule has 0 aliphatic rings. The van der Waals surface area contributed by atoms with Gasteiger partial charge in [0.1, 0.15) is 11.6 Å². The number of methoxy groups -OCH3 is 1. The second-order valence-electron chi connectivity index (χ2n) is 13.8. The van der Waals surface area contributed by atoms with Crippen LogP contribution in [0.25, 0.3) is 10.8 Å². The number of anilines is 4. The van der Waals surface area contributed by atoms with Crippen molar-refractivity contribution < 1.29 is 28.5 Å². The SMILES string of the molecule is C#Cc1cc(Nc2nccc(Oc3ccc(NC(=O)Nc4cc(C(C)(C)C)nn4C(C)C)c4ccccc34)n2)cc(C(=O)NCCOCCOCCOC)c1. The van der Waals surface area contributed by atoms with E-state index in [0.29, 0.717) is 73.6 Å². The van der Waals surface area contributed by atoms with Gasteiger partial charge in [0.05, 0.1) is 44.4 Å². The van der Waals surface area contributed by atoms with Crippen LogP contribution >= 0.6 is 0 Å². The quantitative estimate of drug-likeness (QED) is 0.0562. The first-order valence-corrected chi connectivity index (χ1v) is 18.0. The molecule has 2 heterocycles. The lowest BCUT2D eigenvalue weighted by atomic mass is 9.92. The molecular formula is C41H48N8O6. The molecular weight excluding hydrogens is 701 g/mol. The Bertz CT molecular complexity index is 2140. The van der Waals surface area contributed by atoms with E-state index >= 15 is 0 Å². The second kappa shape index (κ2) is 18.8. The minimum atomic E-state index is -0.397. The van der Waals surface area contributed by atoms with Crippen LogP contribution in [-0.4, -0.2) is 78.4 Å². The molecule has 4 N–H and O–H groups in total. The summed E-state index contributed by atoms with van der Waals surface area (Å²) in [5.41, 5.74) is 2.69. The van der Waals surface area contributed by atoms with Crippen molar-refractivity contribution >= 4 is 45.9 Å². The van der Waals surface area contributed by atoms with Gasteiger partial charge in [-0.15, -0.1) is 6.42 Å². The third-order valence-corrected chi connectivity index (χ3v) is 8.17. The molecule has 0 unspecified atom stereocenters. The number of hydrogen-bond acceptors (Lipinski definition) is 10. The van der Waals surface area contributed by atoms with Crippen molar-refractivity contribution in [2.24, 2.45) is 0 Å². The van der Waals surface area contributed by atoms with Crippen molar-refractivity contribution in [1.82, 2.24) is 25.1 Å². The Hall–Kier alpha value is -6.01. The minimum Gasteiger partial charge on any atom is -0.438 e. The van der Waals surface area contributed by atoms with Gasteiger partial charge < -0.3 is 34.9 Å². The highest BCUT2D eigenvalue weighted by Crippen LogP contribution is 2.34. The van der Waals surface area contributed by atoms with Gasteiger partial charge in [-0.3, -0.25) is 10.1 Å². The van der Waals surface area contributed by atoms with Gasteiger partial charge in [0, 0.05) is 71.0 Å². The maximum atomic E-state index is 13.3. The Morgan fingerprint density at radius 2 is 1.65 bits per heavy atom. The van der Waals surface area contributed by atoms with Crippen LogP contribution in [0.15, 0.2) is 72.9 Å². The summed E-state index contributed by atoms with van der Waals surface area (Å²) in [6.45, 7) is 12.8. The molecule has 2 aromatic heterocycles. The largest absolute Gasteiger partial charge is 0.438 e. The molecule has 14 heteroatoms. The number of ether oxygens (including phenoxy) is 4. The van der Waals surface area contributed by atoms with Crippen molar-refractivity contribution in [1.29, 1.82) is 0 Å². The zero-order valence-corrected chi connectivity index (χ0v) is 32.1. The fourth-order valence-corrected chi connectivity index (χ4v) is 5.41. The standard InChI is InChI=1S/C41H48N8O6/c1-8-28-23-29(38(50)42-17-18-53-21-22-54-20-19-52-7)25-30(24-28)44-39-43-16-15-37(47-39)55-34-14-13-33(31-11-9-10-12-32(31)34)45-40(51)46-36-26-35(41(4,5)6)48-49(36)27(2)3/h1,9-16,23-27H,17-22H2,2-7H3,(H,42,50)(H,43,44,47)(H2,45,46,51). The average Bonchev–Trinajstić information content (AvgIpc) is 3.60. The Morgan fingerprint density at radius 3 is 2.38 bits per heavy atom. The molecule has 0 spiro atoms. The van der Waals surface area contributed by atoms with E-state index in [-0.39, 0.29) is 29.2 Å². The van der Waals surface area contributed by atoms with Crippen LogP contribution < -0.4 is 26.0 Å². The number of carbonyl (C=O) groups is 2. The number of amides is 3. The molecule has 0 bridgehead atoms. The second-order valence-corrected chi connectivity index (χ2v) is 13.8. The molecule has 0 aliphatic heterocycles. The first-order valence-electron chi connectivity index (χ1n) is 18.0. The molecule has 0 aliphatic carbocycles. The zero-order chi connectivity index (χ0) is 39.4. The van der Waals surface area contributed by atoms with Crippen LogP contribution in [0.1, 0.15) is 62.3 Å². The molecule has 55 heavy (non-hydrogen) atoms. The summed E-state index contributed by atoms with van der Waals surface area (Å²) in [5.74, 6) is 3.91. The first-order chi connectivity index (χ1) is 26.4. The van der Waals surface area contributed by atoms with E-state index < -0.39 is 6.03 Å². The molecule has 0 atom stereocenters. The normalized spacial score (nSPS) is 11.3. The van der Waals surface area contributed by atoms with Crippen molar-refractivity contribution in [2.45, 2.75) is 46.1 Å². The lowest BCUT2D eigenvalue weighted by molar-refractivity contribution is 0.0255. The summed E-state index contributed by atoms with van der Waals surface area (Å²) >= 11 is 0. The average molecular weight is 749 g/mol. The van der Waals surface area contributed by atoms with E-state index in [1.54, 1.807) is 49.7 Å². The van der Waals surface area contributed by atoms with Gasteiger partial charge in [-0.05, 0) is 44.2 Å². The van der Waals surface area contributed by atoms with Gasteiger partial charge in [0.15, 0.2) is 0 Å². The van der Waals surface area contributed by atoms with Gasteiger partial charge in [-0.2, -0.15) is 10.1 Å². The number of carbonyl (C=O) groups excluding carboxylic acids is 2. The molecule has 0 saturated heterocycles. The number of aromatic nitrogens is 4. The third kappa shape index (κ3) is 11.2. The summed E-state index contributed by atoms with van der Waals surface area (Å²) in [6, 6.07) is 19.3. The number of rotatable bonds is 17. The monoisotopic (exact) mass is 748 g/mol. The summed E-state index contributed by atoms with van der Waals surface area (Å²) in [6.07, 6.45) is 7.26. The molecule has 14 nitrogen and oxygen atoms in total. The highest BCUT2D eigenvalue weighted by molar-refractivity contribution is 6.07. The Morgan fingerprint density at radius 1 is 0.909 bits per heavy atom. The van der Waals surface area contributed by atoms with Crippen LogP contribution in [0.3, 0.4) is 0 Å². The molecule has 3 aromatic carbocycles. The summed E-state index contributed by atoms with van der Waals surface area (Å²) in [4.78, 5) is 35.1. The Kier molecular flexibility index (Phi) is 13.8. The number of benzene rings is 3. The van der Waals surface area contributed by atoms with Crippen molar-refractivity contribution in [3.63, 3.8) is 0 Å². The van der Waals surface area contributed by atoms with Crippen LogP contribution in [0.2, 0.25) is 0 Å². The van der Waals surface area contributed by atoms with Crippen molar-refractivity contribution in [2.75, 3.05) is 62.6 Å². The predicted octanol–water partition coefficient (Wildman–Crippen LogP) is 7.28. The minimum absolute atomic E-state index is 0.0534. The van der Waals surface area contributed by atoms with Crippen molar-refractivity contribution in [3.05, 3.63) is 89.7 Å². The van der Waals surface area contributed by atoms with E-state index in [0.717, 1.165) is 16.5 Å². The molecule has 5 aromatic rings. The first kappa shape index (κ1) is 40.2. The number of nitrogens with zero attached hydrogens (tertiary/aromatic N) is 4. The summed E-state index contributed by atoms with van der Waals surface area (Å²) < 4.78 is 23.9. The van der Waals surface area contributed by atoms with E-state index in [2.05, 4.69) is 57.9 Å². The third-order valence-electron chi connectivity index (χ3n) is 8.17. The smallest absolute Gasteiger partial charge is 0.324 e. The molecule has 5 rings (SSSR count). The number of nitrogens with one attached hydrogen (secondary N) is 4. The fourth-order valence-electron chi connectivity index (χ4n) is 5.41. The Labute approximate surface area is 321 Å². The summed E-state index contributed by atoms with van der Waals surface area (Å²) in [7, 11) is 1.61. The predicted molar refractivity (Wildman–Crippen MR) is 214 cm³/mol. The van der Waals surface area contributed by atoms with Gasteiger partial charge in [-0.1, -0.05) is 51.0 Å². The number of urea groups is 1. The van der Waals surface area contributed by atoms with E-state index in [9.17, 15) is 9.59 Å². The van der Waals surface area contributed by atoms with Gasteiger partial charge in [0.2, 0.25) is 11.8 Å². The van der Waals surface area contributed by atoms with Gasteiger partial charge in [-0.25, -0.2) is 14.5 Å². The maximum Gasteiger partial charge on any atom is 0.324 e. The number of terminal acetylenes is 1. The molecule has 0 saturated carbocycles. The van der Waals surface area contributed by atoms with Crippen LogP contribution in [0, 0.1) is 12.3 Å². The van der Waals surface area contributed by atoms with E-state index in [1.807, 2.05) is 48.9 Å². The molecule has 0 radical (unpaired) electrons. The lowest BCUT2D eigenvalue weighted by Crippen LogP contribution is -2.27. The van der Waals surface area contributed by atoms with Gasteiger partial charge in [0.25, 0.3) is 5.91 Å². The maximum absolute atomic E-state index is 13.3. The highest BCUT2D eigenvalue weighted by atomic mass is 16.5. The zero-order valence-electron chi connectivity index (χ0n) is 32.1. The summed E-state index contributed by atoms with van der Waals surface area (Å²) in [5, 5.41) is 18.2. The molecule has 0 fully saturated rings. The van der Waals surface area contributed by atoms with E-state index in [4.69, 9.17) is 30.5 Å². The fraction of sp³-hybridized carbons (Fsp3) is 0.341. The molecule has 3 amide bonds.